The first-order chi connectivity index (χ1) is 11.6. The maximum Gasteiger partial charge on any atom is 0.233 e. The number of carbonyl (C=O) groups is 1. The van der Waals surface area contributed by atoms with Gasteiger partial charge in [-0.25, -0.2) is 0 Å². The third-order valence-electron chi connectivity index (χ3n) is 3.52. The Morgan fingerprint density at radius 1 is 1.29 bits per heavy atom. The van der Waals surface area contributed by atoms with Gasteiger partial charge in [0.15, 0.2) is 4.34 Å². The van der Waals surface area contributed by atoms with Crippen LogP contribution in [0.15, 0.2) is 34.7 Å². The van der Waals surface area contributed by atoms with Crippen LogP contribution in [0.3, 0.4) is 0 Å². The fraction of sp³-hybridized carbons (Fsp3) is 0.438. The molecule has 1 aromatic heterocycles. The molecule has 0 aliphatic carbocycles. The first-order valence-electron chi connectivity index (χ1n) is 7.82. The molecule has 1 N–H and O–H groups in total. The van der Waals surface area contributed by atoms with Crippen LogP contribution < -0.4 is 5.32 Å². The van der Waals surface area contributed by atoms with Crippen LogP contribution in [-0.2, 0) is 9.53 Å². The molecule has 1 amide bonds. The van der Waals surface area contributed by atoms with E-state index < -0.39 is 0 Å². The topological polar surface area (TPSA) is 67.4 Å². The molecule has 0 saturated carbocycles. The number of ether oxygens (including phenoxy) is 1. The van der Waals surface area contributed by atoms with Gasteiger partial charge in [-0.15, -0.1) is 10.2 Å². The molecule has 24 heavy (non-hydrogen) atoms. The van der Waals surface area contributed by atoms with Gasteiger partial charge in [0.1, 0.15) is 0 Å². The standard InChI is InChI=1S/C16H20N4O2S2/c1-11-8-20(9-12(2)22-11)14(21)10-23-16-19-18-15(24-16)17-13-6-4-3-5-7-13/h3-7,11-12H,8-10H2,1-2H3,(H,17,18)/t11-,12-/m1/s1. The molecule has 8 heteroatoms. The number of para-hydroxylation sites is 1. The molecule has 1 aliphatic heterocycles. The minimum absolute atomic E-state index is 0.0888. The molecular formula is C16H20N4O2S2. The first-order valence-corrected chi connectivity index (χ1v) is 9.62. The highest BCUT2D eigenvalue weighted by Crippen LogP contribution is 2.28. The van der Waals surface area contributed by atoms with Crippen molar-refractivity contribution >= 4 is 39.8 Å². The van der Waals surface area contributed by atoms with Gasteiger partial charge >= 0.3 is 0 Å². The van der Waals surface area contributed by atoms with E-state index in [2.05, 4.69) is 15.5 Å². The Balaban J connectivity index is 1.51. The number of anilines is 2. The zero-order valence-electron chi connectivity index (χ0n) is 13.6. The summed E-state index contributed by atoms with van der Waals surface area (Å²) in [5.74, 6) is 0.495. The molecule has 0 radical (unpaired) electrons. The molecule has 1 fully saturated rings. The van der Waals surface area contributed by atoms with Crippen molar-refractivity contribution in [3.05, 3.63) is 30.3 Å². The van der Waals surface area contributed by atoms with E-state index in [1.54, 1.807) is 0 Å². The summed E-state index contributed by atoms with van der Waals surface area (Å²) >= 11 is 2.88. The SMILES string of the molecule is C[C@@H]1CN(C(=O)CSc2nnc(Nc3ccccc3)s2)C[C@@H](C)O1. The number of rotatable bonds is 5. The van der Waals surface area contributed by atoms with E-state index in [0.29, 0.717) is 18.8 Å². The van der Waals surface area contributed by atoms with Crippen LogP contribution in [0.4, 0.5) is 10.8 Å². The Labute approximate surface area is 149 Å². The fourth-order valence-electron chi connectivity index (χ4n) is 2.56. The second-order valence-corrected chi connectivity index (χ2v) is 7.91. The summed E-state index contributed by atoms with van der Waals surface area (Å²) in [6.45, 7) is 5.30. The van der Waals surface area contributed by atoms with Gasteiger partial charge in [0.25, 0.3) is 0 Å². The number of morpholine rings is 1. The monoisotopic (exact) mass is 364 g/mol. The molecule has 0 unspecified atom stereocenters. The van der Waals surface area contributed by atoms with Crippen LogP contribution in [0.2, 0.25) is 0 Å². The van der Waals surface area contributed by atoms with Crippen LogP contribution in [0, 0.1) is 0 Å². The highest BCUT2D eigenvalue weighted by atomic mass is 32.2. The van der Waals surface area contributed by atoms with Crippen LogP contribution >= 0.6 is 23.1 Å². The Morgan fingerprint density at radius 2 is 2.00 bits per heavy atom. The number of hydrogen-bond donors (Lipinski definition) is 1. The van der Waals surface area contributed by atoms with Crippen LogP contribution in [0.25, 0.3) is 0 Å². The van der Waals surface area contributed by atoms with Crippen molar-refractivity contribution in [2.75, 3.05) is 24.2 Å². The second kappa shape index (κ2) is 7.96. The molecule has 2 heterocycles. The smallest absolute Gasteiger partial charge is 0.233 e. The number of nitrogens with zero attached hydrogens (tertiary/aromatic N) is 3. The summed E-state index contributed by atoms with van der Waals surface area (Å²) in [6.07, 6.45) is 0.178. The number of hydrogen-bond acceptors (Lipinski definition) is 7. The van der Waals surface area contributed by atoms with Crippen molar-refractivity contribution in [2.24, 2.45) is 0 Å². The maximum atomic E-state index is 12.4. The number of nitrogens with one attached hydrogen (secondary N) is 1. The molecule has 3 rings (SSSR count). The fourth-order valence-corrected chi connectivity index (χ4v) is 4.23. The molecular weight excluding hydrogens is 344 g/mol. The number of carbonyl (C=O) groups excluding carboxylic acids is 1. The molecule has 1 aromatic carbocycles. The molecule has 1 saturated heterocycles. The zero-order chi connectivity index (χ0) is 16.9. The Bertz CT molecular complexity index is 670. The van der Waals surface area contributed by atoms with Crippen molar-refractivity contribution in [2.45, 2.75) is 30.4 Å². The summed E-state index contributed by atoms with van der Waals surface area (Å²) in [4.78, 5) is 14.2. The first kappa shape index (κ1) is 17.2. The van der Waals surface area contributed by atoms with Crippen LogP contribution in [0.5, 0.6) is 0 Å². The van der Waals surface area contributed by atoms with E-state index in [0.717, 1.165) is 15.2 Å². The van der Waals surface area contributed by atoms with Crippen molar-refractivity contribution in [3.63, 3.8) is 0 Å². The summed E-state index contributed by atoms with van der Waals surface area (Å²) in [5.41, 5.74) is 0.970. The van der Waals surface area contributed by atoms with Crippen molar-refractivity contribution in [1.82, 2.24) is 15.1 Å². The number of amides is 1. The molecule has 2 atom stereocenters. The molecule has 0 spiro atoms. The van der Waals surface area contributed by atoms with Gasteiger partial charge < -0.3 is 15.0 Å². The van der Waals surface area contributed by atoms with Crippen molar-refractivity contribution in [1.29, 1.82) is 0 Å². The van der Waals surface area contributed by atoms with Crippen molar-refractivity contribution in [3.8, 4) is 0 Å². The lowest BCUT2D eigenvalue weighted by molar-refractivity contribution is -0.140. The highest BCUT2D eigenvalue weighted by molar-refractivity contribution is 8.01. The predicted octanol–water partition coefficient (Wildman–Crippen LogP) is 3.01. The minimum Gasteiger partial charge on any atom is -0.372 e. The van der Waals surface area contributed by atoms with Gasteiger partial charge in [0, 0.05) is 18.8 Å². The number of benzene rings is 1. The molecule has 6 nitrogen and oxygen atoms in total. The lowest BCUT2D eigenvalue weighted by Crippen LogP contribution is -2.48. The Kier molecular flexibility index (Phi) is 5.70. The molecule has 1 aliphatic rings. The summed E-state index contributed by atoms with van der Waals surface area (Å²) in [6, 6.07) is 9.83. The quantitative estimate of drug-likeness (QED) is 0.823. The van der Waals surface area contributed by atoms with Crippen LogP contribution in [-0.4, -0.2) is 52.1 Å². The van der Waals surface area contributed by atoms with Gasteiger partial charge in [-0.05, 0) is 26.0 Å². The van der Waals surface area contributed by atoms with E-state index >= 15 is 0 Å². The third kappa shape index (κ3) is 4.68. The summed E-state index contributed by atoms with van der Waals surface area (Å²) in [7, 11) is 0. The van der Waals surface area contributed by atoms with Gasteiger partial charge in [0.05, 0.1) is 18.0 Å². The van der Waals surface area contributed by atoms with Gasteiger partial charge in [-0.3, -0.25) is 4.79 Å². The molecule has 128 valence electrons. The lowest BCUT2D eigenvalue weighted by atomic mass is 10.2. The summed E-state index contributed by atoms with van der Waals surface area (Å²) in [5, 5.41) is 12.2. The summed E-state index contributed by atoms with van der Waals surface area (Å²) < 4.78 is 6.45. The second-order valence-electron chi connectivity index (χ2n) is 5.71. The Morgan fingerprint density at radius 3 is 2.71 bits per heavy atom. The van der Waals surface area contributed by atoms with Gasteiger partial charge in [0.2, 0.25) is 11.0 Å². The number of aromatic nitrogens is 2. The average molecular weight is 364 g/mol. The van der Waals surface area contributed by atoms with E-state index in [1.807, 2.05) is 49.1 Å². The normalized spacial score (nSPS) is 20.8. The van der Waals surface area contributed by atoms with Crippen molar-refractivity contribution < 1.29 is 9.53 Å². The third-order valence-corrected chi connectivity index (χ3v) is 5.48. The maximum absolute atomic E-state index is 12.4. The van der Waals surface area contributed by atoms with E-state index in [9.17, 15) is 4.79 Å². The molecule has 2 aromatic rings. The number of thioether (sulfide) groups is 1. The van der Waals surface area contributed by atoms with E-state index in [-0.39, 0.29) is 18.1 Å². The van der Waals surface area contributed by atoms with Gasteiger partial charge in [-0.2, -0.15) is 0 Å². The zero-order valence-corrected chi connectivity index (χ0v) is 15.3. The largest absolute Gasteiger partial charge is 0.372 e. The Hall–Kier alpha value is -1.64. The van der Waals surface area contributed by atoms with E-state index in [1.165, 1.54) is 23.1 Å². The van der Waals surface area contributed by atoms with Crippen LogP contribution in [0.1, 0.15) is 13.8 Å². The van der Waals surface area contributed by atoms with Gasteiger partial charge in [-0.1, -0.05) is 41.3 Å². The predicted molar refractivity (Wildman–Crippen MR) is 96.9 cm³/mol. The minimum atomic E-state index is 0.0888. The average Bonchev–Trinajstić information content (AvgIpc) is 3.00. The molecule has 0 bridgehead atoms. The van der Waals surface area contributed by atoms with E-state index in [4.69, 9.17) is 4.74 Å². The lowest BCUT2D eigenvalue weighted by Gasteiger charge is -2.35. The highest BCUT2D eigenvalue weighted by Gasteiger charge is 2.25.